The molecule has 0 aliphatic heterocycles. The molecule has 0 aliphatic carbocycles. The molecule has 0 saturated carbocycles. The number of methoxy groups -OCH3 is 1. The number of benzene rings is 1. The van der Waals surface area contributed by atoms with E-state index in [2.05, 4.69) is 35.1 Å². The normalized spacial score (nSPS) is 13.6. The van der Waals surface area contributed by atoms with E-state index >= 15 is 0 Å². The molecule has 19 heavy (non-hydrogen) atoms. The molecule has 1 aromatic carbocycles. The first-order chi connectivity index (χ1) is 8.85. The SMILES string of the molecule is COCCC(C)(C)CNC(C)c1ccc(Br)cc1F. The summed E-state index contributed by atoms with van der Waals surface area (Å²) in [6, 6.07) is 5.19. The van der Waals surface area contributed by atoms with Crippen LogP contribution in [0.4, 0.5) is 4.39 Å². The van der Waals surface area contributed by atoms with Crippen LogP contribution in [0.25, 0.3) is 0 Å². The number of nitrogens with one attached hydrogen (secondary N) is 1. The third-order valence-electron chi connectivity index (χ3n) is 3.30. The minimum Gasteiger partial charge on any atom is -0.385 e. The average molecular weight is 332 g/mol. The molecule has 0 bridgehead atoms. The Morgan fingerprint density at radius 2 is 2.11 bits per heavy atom. The number of halogens is 2. The Labute approximate surface area is 123 Å². The second kappa shape index (κ2) is 7.36. The predicted molar refractivity (Wildman–Crippen MR) is 80.8 cm³/mol. The largest absolute Gasteiger partial charge is 0.385 e. The lowest BCUT2D eigenvalue weighted by Crippen LogP contribution is -2.32. The van der Waals surface area contributed by atoms with E-state index < -0.39 is 0 Å². The van der Waals surface area contributed by atoms with Crippen molar-refractivity contribution >= 4 is 15.9 Å². The smallest absolute Gasteiger partial charge is 0.129 e. The highest BCUT2D eigenvalue weighted by molar-refractivity contribution is 9.10. The Morgan fingerprint density at radius 3 is 2.68 bits per heavy atom. The van der Waals surface area contributed by atoms with Crippen molar-refractivity contribution < 1.29 is 9.13 Å². The lowest BCUT2D eigenvalue weighted by Gasteiger charge is -2.27. The fourth-order valence-corrected chi connectivity index (χ4v) is 2.19. The minimum absolute atomic E-state index is 0.00470. The Kier molecular flexibility index (Phi) is 6.43. The van der Waals surface area contributed by atoms with E-state index in [0.717, 1.165) is 24.0 Å². The highest BCUT2D eigenvalue weighted by Gasteiger charge is 2.19. The van der Waals surface area contributed by atoms with E-state index in [4.69, 9.17) is 4.74 Å². The Bertz CT molecular complexity index is 409. The molecule has 0 fully saturated rings. The summed E-state index contributed by atoms with van der Waals surface area (Å²) in [4.78, 5) is 0. The molecule has 1 atom stereocenters. The summed E-state index contributed by atoms with van der Waals surface area (Å²) in [7, 11) is 1.71. The van der Waals surface area contributed by atoms with Crippen LogP contribution in [0.15, 0.2) is 22.7 Å². The van der Waals surface area contributed by atoms with Crippen LogP contribution in [-0.4, -0.2) is 20.3 Å². The zero-order valence-electron chi connectivity index (χ0n) is 12.1. The zero-order chi connectivity index (χ0) is 14.5. The summed E-state index contributed by atoms with van der Waals surface area (Å²) in [6.45, 7) is 7.93. The van der Waals surface area contributed by atoms with Crippen LogP contribution in [0.3, 0.4) is 0 Å². The van der Waals surface area contributed by atoms with Crippen molar-refractivity contribution in [2.45, 2.75) is 33.2 Å². The van der Waals surface area contributed by atoms with Crippen molar-refractivity contribution in [2.75, 3.05) is 20.3 Å². The van der Waals surface area contributed by atoms with Crippen LogP contribution in [0.1, 0.15) is 38.8 Å². The molecule has 0 radical (unpaired) electrons. The van der Waals surface area contributed by atoms with Gasteiger partial charge in [-0.3, -0.25) is 0 Å². The van der Waals surface area contributed by atoms with Gasteiger partial charge in [0.25, 0.3) is 0 Å². The lowest BCUT2D eigenvalue weighted by molar-refractivity contribution is 0.149. The van der Waals surface area contributed by atoms with Gasteiger partial charge in [-0.05, 0) is 30.9 Å². The third-order valence-corrected chi connectivity index (χ3v) is 3.79. The topological polar surface area (TPSA) is 21.3 Å². The zero-order valence-corrected chi connectivity index (χ0v) is 13.7. The van der Waals surface area contributed by atoms with Gasteiger partial charge >= 0.3 is 0 Å². The van der Waals surface area contributed by atoms with E-state index in [1.54, 1.807) is 7.11 Å². The van der Waals surface area contributed by atoms with E-state index in [-0.39, 0.29) is 17.3 Å². The van der Waals surface area contributed by atoms with Gasteiger partial charge in [0.05, 0.1) is 0 Å². The summed E-state index contributed by atoms with van der Waals surface area (Å²) in [5.41, 5.74) is 0.835. The fraction of sp³-hybridized carbons (Fsp3) is 0.600. The van der Waals surface area contributed by atoms with Crippen LogP contribution in [-0.2, 0) is 4.74 Å². The first-order valence-electron chi connectivity index (χ1n) is 6.53. The Hall–Kier alpha value is -0.450. The monoisotopic (exact) mass is 331 g/mol. The molecule has 0 aliphatic rings. The molecule has 0 heterocycles. The van der Waals surface area contributed by atoms with E-state index in [0.29, 0.717) is 5.56 Å². The van der Waals surface area contributed by atoms with Crippen molar-refractivity contribution in [3.63, 3.8) is 0 Å². The number of ether oxygens (including phenoxy) is 1. The van der Waals surface area contributed by atoms with Crippen molar-refractivity contribution in [3.8, 4) is 0 Å². The molecule has 0 saturated heterocycles. The van der Waals surface area contributed by atoms with E-state index in [1.807, 2.05) is 19.1 Å². The molecular formula is C15H23BrFNO. The first-order valence-corrected chi connectivity index (χ1v) is 7.32. The van der Waals surface area contributed by atoms with Crippen LogP contribution in [0.5, 0.6) is 0 Å². The second-order valence-electron chi connectivity index (χ2n) is 5.68. The molecule has 2 nitrogen and oxygen atoms in total. The third kappa shape index (κ3) is 5.59. The van der Waals surface area contributed by atoms with Gasteiger partial charge in [-0.2, -0.15) is 0 Å². The van der Waals surface area contributed by atoms with Gasteiger partial charge < -0.3 is 10.1 Å². The van der Waals surface area contributed by atoms with Crippen molar-refractivity contribution in [3.05, 3.63) is 34.1 Å². The average Bonchev–Trinajstić information content (AvgIpc) is 2.34. The van der Waals surface area contributed by atoms with Gasteiger partial charge in [0.15, 0.2) is 0 Å². The van der Waals surface area contributed by atoms with Crippen molar-refractivity contribution in [2.24, 2.45) is 5.41 Å². The van der Waals surface area contributed by atoms with Crippen molar-refractivity contribution in [1.29, 1.82) is 0 Å². The van der Waals surface area contributed by atoms with Gasteiger partial charge in [-0.15, -0.1) is 0 Å². The number of hydrogen-bond donors (Lipinski definition) is 1. The van der Waals surface area contributed by atoms with Gasteiger partial charge in [0.2, 0.25) is 0 Å². The Morgan fingerprint density at radius 1 is 1.42 bits per heavy atom. The maximum atomic E-state index is 13.8. The molecule has 0 amide bonds. The molecule has 4 heteroatoms. The molecule has 0 spiro atoms. The molecule has 108 valence electrons. The summed E-state index contributed by atoms with van der Waals surface area (Å²) in [5.74, 6) is -0.177. The summed E-state index contributed by atoms with van der Waals surface area (Å²) >= 11 is 3.27. The van der Waals surface area contributed by atoms with Crippen LogP contribution in [0, 0.1) is 11.2 Å². The summed E-state index contributed by atoms with van der Waals surface area (Å²) in [5, 5.41) is 3.40. The number of rotatable bonds is 7. The molecule has 0 aromatic heterocycles. The van der Waals surface area contributed by atoms with Crippen LogP contribution in [0.2, 0.25) is 0 Å². The highest BCUT2D eigenvalue weighted by Crippen LogP contribution is 2.24. The van der Waals surface area contributed by atoms with Crippen LogP contribution < -0.4 is 5.32 Å². The maximum Gasteiger partial charge on any atom is 0.129 e. The molecule has 1 unspecified atom stereocenters. The van der Waals surface area contributed by atoms with Gasteiger partial charge in [-0.1, -0.05) is 35.8 Å². The van der Waals surface area contributed by atoms with E-state index in [1.165, 1.54) is 6.07 Å². The second-order valence-corrected chi connectivity index (χ2v) is 6.59. The fourth-order valence-electron chi connectivity index (χ4n) is 1.86. The van der Waals surface area contributed by atoms with E-state index in [9.17, 15) is 4.39 Å². The number of hydrogen-bond acceptors (Lipinski definition) is 2. The maximum absolute atomic E-state index is 13.8. The van der Waals surface area contributed by atoms with Crippen molar-refractivity contribution in [1.82, 2.24) is 5.32 Å². The predicted octanol–water partition coefficient (Wildman–Crippen LogP) is 4.30. The van der Waals surface area contributed by atoms with Gasteiger partial charge in [0.1, 0.15) is 5.82 Å². The van der Waals surface area contributed by atoms with Crippen LogP contribution >= 0.6 is 15.9 Å². The molecule has 1 N–H and O–H groups in total. The van der Waals surface area contributed by atoms with Gasteiger partial charge in [0, 0.05) is 36.3 Å². The molecule has 1 aromatic rings. The standard InChI is InChI=1S/C15H23BrFNO/c1-11(13-6-5-12(16)9-14(13)17)18-10-15(2,3)7-8-19-4/h5-6,9,11,18H,7-8,10H2,1-4H3. The quantitative estimate of drug-likeness (QED) is 0.804. The lowest BCUT2D eigenvalue weighted by atomic mass is 9.89. The summed E-state index contributed by atoms with van der Waals surface area (Å²) in [6.07, 6.45) is 0.978. The molecular weight excluding hydrogens is 309 g/mol. The summed E-state index contributed by atoms with van der Waals surface area (Å²) < 4.78 is 19.7. The highest BCUT2D eigenvalue weighted by atomic mass is 79.9. The first kappa shape index (κ1) is 16.6. The molecule has 1 rings (SSSR count). The Balaban J connectivity index is 2.57. The van der Waals surface area contributed by atoms with Gasteiger partial charge in [-0.25, -0.2) is 4.39 Å². The minimum atomic E-state index is -0.177.